The van der Waals surface area contributed by atoms with Gasteiger partial charge in [-0.15, -0.1) is 0 Å². The van der Waals surface area contributed by atoms with Crippen LogP contribution in [0.2, 0.25) is 0 Å². The minimum Gasteiger partial charge on any atom is -0.0985 e. The molecule has 0 bridgehead atoms. The molecule has 92 valence electrons. The van der Waals surface area contributed by atoms with Gasteiger partial charge in [0.2, 0.25) is 0 Å². The van der Waals surface area contributed by atoms with Gasteiger partial charge in [-0.3, -0.25) is 0 Å². The van der Waals surface area contributed by atoms with Crippen molar-refractivity contribution in [3.63, 3.8) is 0 Å². The summed E-state index contributed by atoms with van der Waals surface area (Å²) >= 11 is 0. The van der Waals surface area contributed by atoms with Gasteiger partial charge in [0.25, 0.3) is 0 Å². The van der Waals surface area contributed by atoms with Gasteiger partial charge in [0, 0.05) is 0 Å². The number of hydrogen-bond donors (Lipinski definition) is 0. The molecular formula is C18H20. The van der Waals surface area contributed by atoms with Crippen molar-refractivity contribution in [2.75, 3.05) is 0 Å². The molecule has 2 aromatic rings. The monoisotopic (exact) mass is 236 g/mol. The third-order valence-electron chi connectivity index (χ3n) is 2.64. The Kier molecular flexibility index (Phi) is 6.27. The van der Waals surface area contributed by atoms with Crippen LogP contribution in [0.4, 0.5) is 0 Å². The van der Waals surface area contributed by atoms with Gasteiger partial charge in [-0.1, -0.05) is 79.4 Å². The second kappa shape index (κ2) is 8.08. The molecule has 0 amide bonds. The van der Waals surface area contributed by atoms with E-state index < -0.39 is 0 Å². The Morgan fingerprint density at radius 2 is 1.17 bits per heavy atom. The van der Waals surface area contributed by atoms with Crippen LogP contribution in [0.1, 0.15) is 19.4 Å². The first kappa shape index (κ1) is 14.0. The molecule has 2 rings (SSSR count). The Balaban J connectivity index is 0.000000184. The van der Waals surface area contributed by atoms with Crippen LogP contribution >= 0.6 is 0 Å². The van der Waals surface area contributed by atoms with Crippen LogP contribution in [-0.4, -0.2) is 0 Å². The maximum Gasteiger partial charge on any atom is -0.0263 e. The van der Waals surface area contributed by atoms with Gasteiger partial charge in [-0.05, 0) is 29.8 Å². The largest absolute Gasteiger partial charge is 0.0985 e. The summed E-state index contributed by atoms with van der Waals surface area (Å²) in [6.45, 7) is 7.72. The summed E-state index contributed by atoms with van der Waals surface area (Å²) in [6.07, 6.45) is 6.03. The van der Waals surface area contributed by atoms with Crippen molar-refractivity contribution >= 4 is 18.2 Å². The Morgan fingerprint density at radius 1 is 0.722 bits per heavy atom. The zero-order valence-electron chi connectivity index (χ0n) is 11.1. The molecule has 0 aliphatic carbocycles. The second-order valence-corrected chi connectivity index (χ2v) is 3.86. The third kappa shape index (κ3) is 4.84. The molecule has 0 atom stereocenters. The average molecular weight is 236 g/mol. The van der Waals surface area contributed by atoms with E-state index in [2.05, 4.69) is 43.0 Å². The lowest BCUT2D eigenvalue weighted by atomic mass is 10.2. The van der Waals surface area contributed by atoms with E-state index in [4.69, 9.17) is 0 Å². The molecule has 0 spiro atoms. The van der Waals surface area contributed by atoms with E-state index in [0.29, 0.717) is 0 Å². The van der Waals surface area contributed by atoms with E-state index >= 15 is 0 Å². The lowest BCUT2D eigenvalue weighted by Crippen LogP contribution is -2.05. The van der Waals surface area contributed by atoms with Crippen LogP contribution in [0.3, 0.4) is 0 Å². The van der Waals surface area contributed by atoms with Gasteiger partial charge in [0.05, 0.1) is 0 Å². The van der Waals surface area contributed by atoms with E-state index in [-0.39, 0.29) is 0 Å². The fourth-order valence-corrected chi connectivity index (χ4v) is 1.47. The van der Waals surface area contributed by atoms with Crippen LogP contribution in [-0.2, 0) is 0 Å². The van der Waals surface area contributed by atoms with Crippen LogP contribution in [0.15, 0.2) is 61.2 Å². The fraction of sp³-hybridized carbons (Fsp3) is 0.111. The zero-order valence-corrected chi connectivity index (χ0v) is 11.1. The summed E-state index contributed by atoms with van der Waals surface area (Å²) < 4.78 is 0. The molecule has 0 unspecified atom stereocenters. The Hall–Kier alpha value is -2.08. The first-order valence-electron chi connectivity index (χ1n) is 6.16. The summed E-state index contributed by atoms with van der Waals surface area (Å²) in [6, 6.07) is 18.5. The van der Waals surface area contributed by atoms with Gasteiger partial charge in [0.1, 0.15) is 0 Å². The molecule has 0 aliphatic rings. The first-order chi connectivity index (χ1) is 8.80. The molecule has 0 radical (unpaired) electrons. The van der Waals surface area contributed by atoms with E-state index in [1.165, 1.54) is 16.0 Å². The minimum atomic E-state index is 1.17. The van der Waals surface area contributed by atoms with Crippen molar-refractivity contribution in [2.45, 2.75) is 13.8 Å². The molecule has 0 nitrogen and oxygen atoms in total. The molecule has 0 fully saturated rings. The molecule has 18 heavy (non-hydrogen) atoms. The summed E-state index contributed by atoms with van der Waals surface area (Å²) in [5.74, 6) is 0. The molecule has 0 aliphatic heterocycles. The van der Waals surface area contributed by atoms with Crippen molar-refractivity contribution in [2.24, 2.45) is 0 Å². The second-order valence-electron chi connectivity index (χ2n) is 3.86. The average Bonchev–Trinajstić information content (AvgIpc) is 2.49. The number of rotatable bonds is 1. The Bertz CT molecular complexity index is 521. The highest BCUT2D eigenvalue weighted by atomic mass is 13.8. The third-order valence-corrected chi connectivity index (χ3v) is 2.64. The topological polar surface area (TPSA) is 0 Å². The van der Waals surface area contributed by atoms with Crippen molar-refractivity contribution in [1.29, 1.82) is 0 Å². The molecule has 0 heteroatoms. The van der Waals surface area contributed by atoms with Crippen molar-refractivity contribution in [3.05, 3.63) is 77.2 Å². The van der Waals surface area contributed by atoms with Gasteiger partial charge in [-0.2, -0.15) is 0 Å². The van der Waals surface area contributed by atoms with Gasteiger partial charge in [-0.25, -0.2) is 0 Å². The maximum atomic E-state index is 3.63. The predicted molar refractivity (Wildman–Crippen MR) is 82.5 cm³/mol. The standard InChI is InChI=1S/C10H12.C8H8/c1-3-9-5-7-10(4-2)8-6-9;1-2-8-6-4-3-5-7-8/h3-8H,1-2H3;2-7H,1H2. The van der Waals surface area contributed by atoms with Gasteiger partial charge in [0.15, 0.2) is 0 Å². The van der Waals surface area contributed by atoms with Gasteiger partial charge >= 0.3 is 0 Å². The molecule has 0 heterocycles. The van der Waals surface area contributed by atoms with E-state index in [1.54, 1.807) is 0 Å². The first-order valence-corrected chi connectivity index (χ1v) is 6.16. The molecule has 0 saturated heterocycles. The number of benzene rings is 2. The lowest BCUT2D eigenvalue weighted by Gasteiger charge is -1.85. The van der Waals surface area contributed by atoms with Crippen molar-refractivity contribution in [1.82, 2.24) is 0 Å². The smallest absolute Gasteiger partial charge is 0.0263 e. The van der Waals surface area contributed by atoms with Crippen LogP contribution < -0.4 is 10.4 Å². The van der Waals surface area contributed by atoms with Crippen molar-refractivity contribution < 1.29 is 0 Å². The summed E-state index contributed by atoms with van der Waals surface area (Å²) in [4.78, 5) is 0. The zero-order chi connectivity index (χ0) is 13.2. The molecule has 0 saturated carbocycles. The lowest BCUT2D eigenvalue weighted by molar-refractivity contribution is 1.53. The highest BCUT2D eigenvalue weighted by molar-refractivity contribution is 5.45. The Morgan fingerprint density at radius 3 is 1.44 bits per heavy atom. The van der Waals surface area contributed by atoms with E-state index in [0.717, 1.165) is 0 Å². The maximum absolute atomic E-state index is 3.63. The highest BCUT2D eigenvalue weighted by Gasteiger charge is 1.76. The summed E-state index contributed by atoms with van der Waals surface area (Å²) in [7, 11) is 0. The van der Waals surface area contributed by atoms with Crippen LogP contribution in [0, 0.1) is 0 Å². The Labute approximate surface area is 110 Å². The molecule has 0 N–H and O–H groups in total. The minimum absolute atomic E-state index is 1.17. The van der Waals surface area contributed by atoms with E-state index in [1.807, 2.05) is 50.3 Å². The van der Waals surface area contributed by atoms with Crippen LogP contribution in [0.25, 0.3) is 18.2 Å². The van der Waals surface area contributed by atoms with E-state index in [9.17, 15) is 0 Å². The van der Waals surface area contributed by atoms with Gasteiger partial charge < -0.3 is 0 Å². The van der Waals surface area contributed by atoms with Crippen LogP contribution in [0.5, 0.6) is 0 Å². The molecule has 0 aromatic heterocycles. The molecule has 2 aromatic carbocycles. The fourth-order valence-electron chi connectivity index (χ4n) is 1.47. The normalized spacial score (nSPS) is 8.78. The quantitative estimate of drug-likeness (QED) is 0.709. The SMILES string of the molecule is C=Cc1ccccc1.CC=c1ccc(=CC)cc1. The highest BCUT2D eigenvalue weighted by Crippen LogP contribution is 1.97. The molecular weight excluding hydrogens is 216 g/mol. The summed E-state index contributed by atoms with van der Waals surface area (Å²) in [5, 5.41) is 2.57. The number of hydrogen-bond acceptors (Lipinski definition) is 0. The summed E-state index contributed by atoms with van der Waals surface area (Å²) in [5.41, 5.74) is 1.17. The van der Waals surface area contributed by atoms with Crippen molar-refractivity contribution in [3.8, 4) is 0 Å². The predicted octanol–water partition coefficient (Wildman–Crippen LogP) is 3.62.